The Labute approximate surface area is 210 Å². The average Bonchev–Trinajstić information content (AvgIpc) is 2.77. The second kappa shape index (κ2) is 9.04. The van der Waals surface area contributed by atoms with Gasteiger partial charge in [0.15, 0.2) is 6.10 Å². The van der Waals surface area contributed by atoms with E-state index < -0.39 is 47.8 Å². The number of hydrogen-bond acceptors (Lipinski definition) is 6. The van der Waals surface area contributed by atoms with E-state index in [4.69, 9.17) is 16.3 Å². The fourth-order valence-corrected chi connectivity index (χ4v) is 6.18. The highest BCUT2D eigenvalue weighted by Gasteiger charge is 2.56. The molecular weight excluding hydrogens is 505 g/mol. The van der Waals surface area contributed by atoms with Gasteiger partial charge in [-0.05, 0) is 63.1 Å². The van der Waals surface area contributed by atoms with Gasteiger partial charge < -0.3 is 25.6 Å². The minimum atomic E-state index is -4.72. The molecule has 198 valence electrons. The average molecular weight is 533 g/mol. The Morgan fingerprint density at radius 3 is 2.39 bits per heavy atom. The Kier molecular flexibility index (Phi) is 6.42. The summed E-state index contributed by atoms with van der Waals surface area (Å²) in [5.41, 5.74) is -1.01. The minimum Gasteiger partial charge on any atom is -0.480 e. The van der Waals surface area contributed by atoms with Crippen LogP contribution in [0.15, 0.2) is 18.2 Å². The number of benzene rings is 1. The maximum Gasteiger partial charge on any atom is 0.522 e. The first-order chi connectivity index (χ1) is 16.9. The Morgan fingerprint density at radius 2 is 1.75 bits per heavy atom. The van der Waals surface area contributed by atoms with E-state index in [0.29, 0.717) is 42.0 Å². The zero-order valence-corrected chi connectivity index (χ0v) is 20.1. The van der Waals surface area contributed by atoms with E-state index in [2.05, 4.69) is 15.4 Å². The smallest absolute Gasteiger partial charge is 0.480 e. The molecule has 4 saturated carbocycles. The van der Waals surface area contributed by atoms with Crippen LogP contribution in [0.25, 0.3) is 0 Å². The van der Waals surface area contributed by atoms with E-state index in [-0.39, 0.29) is 37.5 Å². The number of fused-ring (bicyclic) bond motifs is 4. The molecule has 5 aliphatic rings. The van der Waals surface area contributed by atoms with Crippen molar-refractivity contribution in [2.45, 2.75) is 93.2 Å². The number of hydrogen-bond donors (Lipinski definition) is 4. The molecule has 1 aromatic rings. The lowest BCUT2D eigenvalue weighted by molar-refractivity contribution is -0.353. The molecule has 1 heterocycles. The van der Waals surface area contributed by atoms with E-state index in [9.17, 15) is 33.0 Å². The lowest BCUT2D eigenvalue weighted by atomic mass is 9.59. The summed E-state index contributed by atoms with van der Waals surface area (Å²) >= 11 is 5.98. The number of aliphatic hydroxyl groups is 2. The molecular formula is C24H28ClF3N2O6. The Balaban J connectivity index is 1.16. The van der Waals surface area contributed by atoms with Crippen molar-refractivity contribution in [3.63, 3.8) is 0 Å². The summed E-state index contributed by atoms with van der Waals surface area (Å²) in [6.07, 6.45) is -6.33. The van der Waals surface area contributed by atoms with Gasteiger partial charge in [0.25, 0.3) is 5.91 Å². The van der Waals surface area contributed by atoms with Crippen molar-refractivity contribution < 1.29 is 42.4 Å². The van der Waals surface area contributed by atoms with Crippen LogP contribution >= 0.6 is 11.6 Å². The first kappa shape index (κ1) is 25.6. The van der Waals surface area contributed by atoms with Gasteiger partial charge in [-0.1, -0.05) is 11.6 Å². The third-order valence-corrected chi connectivity index (χ3v) is 8.41. The maximum atomic E-state index is 13.1. The molecule has 6 rings (SSSR count). The molecule has 2 amide bonds. The second-order valence-corrected chi connectivity index (χ2v) is 11.0. The number of rotatable bonds is 5. The Bertz CT molecular complexity index is 1040. The summed E-state index contributed by atoms with van der Waals surface area (Å²) in [6, 6.07) is 4.83. The van der Waals surface area contributed by atoms with E-state index in [1.54, 1.807) is 18.2 Å². The number of nitrogens with one attached hydrogen (secondary N) is 2. The number of halogens is 4. The van der Waals surface area contributed by atoms with Crippen molar-refractivity contribution in [1.82, 2.24) is 10.6 Å². The van der Waals surface area contributed by atoms with Crippen molar-refractivity contribution in [3.8, 4) is 5.75 Å². The predicted octanol–water partition coefficient (Wildman–Crippen LogP) is 2.89. The monoisotopic (exact) mass is 532 g/mol. The Morgan fingerprint density at radius 1 is 1.06 bits per heavy atom. The molecule has 0 saturated heterocycles. The molecule has 4 aliphatic carbocycles. The van der Waals surface area contributed by atoms with Gasteiger partial charge in [0.2, 0.25) is 5.91 Å². The van der Waals surface area contributed by atoms with Gasteiger partial charge in [0.1, 0.15) is 5.75 Å². The third kappa shape index (κ3) is 4.90. The number of aliphatic hydroxyl groups excluding tert-OH is 2. The largest absolute Gasteiger partial charge is 0.522 e. The molecule has 0 unspecified atom stereocenters. The van der Waals surface area contributed by atoms with Crippen molar-refractivity contribution in [2.75, 3.05) is 0 Å². The second-order valence-electron chi connectivity index (χ2n) is 10.5. The number of carbonyl (C=O) groups excluding carboxylic acids is 2. The van der Waals surface area contributed by atoms with Crippen LogP contribution < -0.4 is 15.4 Å². The zero-order valence-electron chi connectivity index (χ0n) is 19.3. The lowest BCUT2D eigenvalue weighted by Crippen LogP contribution is -2.71. The molecule has 0 aromatic heterocycles. The quantitative estimate of drug-likeness (QED) is 0.463. The summed E-state index contributed by atoms with van der Waals surface area (Å²) < 4.78 is 46.8. The number of amides is 2. The van der Waals surface area contributed by atoms with Crippen LogP contribution in [0, 0.1) is 5.92 Å². The van der Waals surface area contributed by atoms with Crippen molar-refractivity contribution >= 4 is 23.4 Å². The highest BCUT2D eigenvalue weighted by Crippen LogP contribution is 2.48. The predicted molar refractivity (Wildman–Crippen MR) is 120 cm³/mol. The van der Waals surface area contributed by atoms with E-state index in [0.717, 1.165) is 0 Å². The molecule has 4 N–H and O–H groups in total. The van der Waals surface area contributed by atoms with Crippen LogP contribution in [-0.2, 0) is 14.3 Å². The normalized spacial score (nSPS) is 37.3. The molecule has 36 heavy (non-hydrogen) atoms. The molecule has 12 heteroatoms. The molecule has 2 bridgehead atoms. The van der Waals surface area contributed by atoms with E-state index >= 15 is 0 Å². The van der Waals surface area contributed by atoms with Crippen LogP contribution in [0.3, 0.4) is 0 Å². The SMILES string of the molecule is O=C(NC12CCC(NC(=O)[C@H]3C[C@@H](OC(F)(F)F)C3)(CC1)[C@@H](O)C2)[C@H]1C[C@@H](O)c2cc(Cl)ccc2O1. The summed E-state index contributed by atoms with van der Waals surface area (Å²) in [6.45, 7) is 0. The minimum absolute atomic E-state index is 0.0138. The topological polar surface area (TPSA) is 117 Å². The summed E-state index contributed by atoms with van der Waals surface area (Å²) in [7, 11) is 0. The van der Waals surface area contributed by atoms with Crippen LogP contribution in [0.1, 0.15) is 63.0 Å². The lowest BCUT2D eigenvalue weighted by Gasteiger charge is -2.57. The van der Waals surface area contributed by atoms with E-state index in [1.165, 1.54) is 0 Å². The standard InChI is InChI=1S/C24H28ClF3N2O6/c25-13-1-2-17-15(9-13)16(31)10-18(35-17)21(34)29-22-3-5-23(6-4-22,19(32)11-22)30-20(33)12-7-14(8-12)36-24(26,27)28/h1-2,9,12,14,16,18-19,31-32H,3-8,10-11H2,(H,29,34)(H,30,33)/t12-,14+,16-,18-,19+,22?,23?/m1/s1. The first-order valence-corrected chi connectivity index (χ1v) is 12.5. The van der Waals surface area contributed by atoms with Crippen molar-refractivity contribution in [2.24, 2.45) is 5.92 Å². The maximum absolute atomic E-state index is 13.1. The molecule has 1 aromatic carbocycles. The van der Waals surface area contributed by atoms with Crippen LogP contribution in [0.4, 0.5) is 13.2 Å². The molecule has 8 nitrogen and oxygen atoms in total. The molecule has 0 radical (unpaired) electrons. The van der Waals surface area contributed by atoms with Crippen molar-refractivity contribution in [1.29, 1.82) is 0 Å². The molecule has 1 aliphatic heterocycles. The van der Waals surface area contributed by atoms with E-state index in [1.807, 2.05) is 0 Å². The van der Waals surface area contributed by atoms with Gasteiger partial charge in [0.05, 0.1) is 23.9 Å². The van der Waals surface area contributed by atoms with Crippen LogP contribution in [0.5, 0.6) is 5.75 Å². The van der Waals surface area contributed by atoms with Gasteiger partial charge in [-0.2, -0.15) is 0 Å². The number of carbonyl (C=O) groups is 2. The van der Waals surface area contributed by atoms with Gasteiger partial charge >= 0.3 is 6.36 Å². The first-order valence-electron chi connectivity index (χ1n) is 12.1. The summed E-state index contributed by atoms with van der Waals surface area (Å²) in [5, 5.41) is 27.8. The fraction of sp³-hybridized carbons (Fsp3) is 0.667. The summed E-state index contributed by atoms with van der Waals surface area (Å²) in [4.78, 5) is 25.8. The Hall–Kier alpha value is -2.08. The van der Waals surface area contributed by atoms with Gasteiger partial charge in [-0.25, -0.2) is 0 Å². The number of ether oxygens (including phenoxy) is 2. The summed E-state index contributed by atoms with van der Waals surface area (Å²) in [5.74, 6) is -0.952. The van der Waals surface area contributed by atoms with Gasteiger partial charge in [-0.3, -0.25) is 14.3 Å². The fourth-order valence-electron chi connectivity index (χ4n) is 5.99. The van der Waals surface area contributed by atoms with Crippen LogP contribution in [-0.4, -0.2) is 57.8 Å². The van der Waals surface area contributed by atoms with Crippen molar-refractivity contribution in [3.05, 3.63) is 28.8 Å². The molecule has 4 fully saturated rings. The van der Waals surface area contributed by atoms with Crippen LogP contribution in [0.2, 0.25) is 5.02 Å². The zero-order chi connectivity index (χ0) is 25.9. The third-order valence-electron chi connectivity index (χ3n) is 8.18. The highest BCUT2D eigenvalue weighted by molar-refractivity contribution is 6.30. The van der Waals surface area contributed by atoms with Gasteiger partial charge in [0, 0.05) is 28.5 Å². The molecule has 0 spiro atoms. The van der Waals surface area contributed by atoms with Gasteiger partial charge in [-0.15, -0.1) is 13.2 Å². The number of alkyl halides is 3. The highest BCUT2D eigenvalue weighted by atomic mass is 35.5. The molecule has 3 atom stereocenters.